The van der Waals surface area contributed by atoms with Gasteiger partial charge in [0, 0.05) is 45.5 Å². The highest BCUT2D eigenvalue weighted by atomic mass is 15.3. The van der Waals surface area contributed by atoms with E-state index in [9.17, 15) is 0 Å². The van der Waals surface area contributed by atoms with Crippen LogP contribution in [0.4, 0.5) is 0 Å². The first-order valence-electron chi connectivity index (χ1n) is 5.60. The average Bonchev–Trinajstić information content (AvgIpc) is 2.49. The first-order chi connectivity index (χ1) is 7.16. The Morgan fingerprint density at radius 2 is 2.40 bits per heavy atom. The van der Waals surface area contributed by atoms with Crippen LogP contribution in [-0.4, -0.2) is 40.4 Å². The van der Waals surface area contributed by atoms with Crippen molar-refractivity contribution in [3.63, 3.8) is 0 Å². The van der Waals surface area contributed by atoms with Crippen LogP contribution in [-0.2, 0) is 13.6 Å². The third-order valence-corrected chi connectivity index (χ3v) is 3.11. The molecule has 1 fully saturated rings. The van der Waals surface area contributed by atoms with E-state index in [1.807, 2.05) is 11.7 Å². The third kappa shape index (κ3) is 2.38. The first-order valence-corrected chi connectivity index (χ1v) is 5.60. The minimum absolute atomic E-state index is 0.611. The molecule has 1 saturated heterocycles. The highest BCUT2D eigenvalue weighted by Crippen LogP contribution is 2.11. The molecule has 0 aromatic carbocycles. The second-order valence-electron chi connectivity index (χ2n) is 4.46. The summed E-state index contributed by atoms with van der Waals surface area (Å²) >= 11 is 0. The maximum absolute atomic E-state index is 4.49. The van der Waals surface area contributed by atoms with E-state index in [0.717, 1.165) is 26.2 Å². The minimum atomic E-state index is 0.611. The molecule has 0 amide bonds. The van der Waals surface area contributed by atoms with Crippen LogP contribution < -0.4 is 5.32 Å². The van der Waals surface area contributed by atoms with Crippen molar-refractivity contribution in [3.8, 4) is 0 Å². The summed E-state index contributed by atoms with van der Waals surface area (Å²) in [5, 5.41) is 7.90. The van der Waals surface area contributed by atoms with Gasteiger partial charge in [0.05, 0.1) is 5.69 Å². The molecule has 84 valence electrons. The normalized spacial score (nSPS) is 23.3. The number of aromatic nitrogens is 2. The Kier molecular flexibility index (Phi) is 3.07. The molecule has 1 aliphatic rings. The van der Waals surface area contributed by atoms with E-state index in [0.29, 0.717) is 6.04 Å². The van der Waals surface area contributed by atoms with Crippen LogP contribution in [0.1, 0.15) is 18.2 Å². The molecule has 0 spiro atoms. The third-order valence-electron chi connectivity index (χ3n) is 3.11. The van der Waals surface area contributed by atoms with Gasteiger partial charge in [-0.05, 0) is 19.4 Å². The van der Waals surface area contributed by atoms with Gasteiger partial charge in [0.1, 0.15) is 0 Å². The number of aryl methyl sites for hydroxylation is 2. The van der Waals surface area contributed by atoms with Crippen molar-refractivity contribution in [1.29, 1.82) is 0 Å². The SMILES string of the molecule is Cc1cn(C)nc1CN1CCNCC1C. The summed E-state index contributed by atoms with van der Waals surface area (Å²) in [7, 11) is 1.98. The van der Waals surface area contributed by atoms with Crippen LogP contribution >= 0.6 is 0 Å². The van der Waals surface area contributed by atoms with Crippen LogP contribution in [0, 0.1) is 6.92 Å². The lowest BCUT2D eigenvalue weighted by molar-refractivity contribution is 0.163. The lowest BCUT2D eigenvalue weighted by Crippen LogP contribution is -2.49. The average molecular weight is 208 g/mol. The van der Waals surface area contributed by atoms with Gasteiger partial charge in [-0.25, -0.2) is 0 Å². The molecule has 1 aromatic heterocycles. The zero-order valence-electron chi connectivity index (χ0n) is 9.82. The Bertz CT molecular complexity index is 331. The summed E-state index contributed by atoms with van der Waals surface area (Å²) < 4.78 is 1.90. The van der Waals surface area contributed by atoms with Gasteiger partial charge in [-0.2, -0.15) is 5.10 Å². The van der Waals surface area contributed by atoms with Crippen LogP contribution in [0.3, 0.4) is 0 Å². The standard InChI is InChI=1S/C11H20N4/c1-9-7-14(3)13-11(9)8-15-5-4-12-6-10(15)2/h7,10,12H,4-6,8H2,1-3H3. The Balaban J connectivity index is 2.04. The summed E-state index contributed by atoms with van der Waals surface area (Å²) in [4.78, 5) is 2.49. The summed E-state index contributed by atoms with van der Waals surface area (Å²) in [5.74, 6) is 0. The first kappa shape index (κ1) is 10.6. The van der Waals surface area contributed by atoms with Crippen molar-refractivity contribution < 1.29 is 0 Å². The smallest absolute Gasteiger partial charge is 0.0793 e. The Morgan fingerprint density at radius 1 is 1.60 bits per heavy atom. The molecule has 4 heteroatoms. The van der Waals surface area contributed by atoms with Gasteiger partial charge >= 0.3 is 0 Å². The summed E-state index contributed by atoms with van der Waals surface area (Å²) in [6.45, 7) is 8.69. The Labute approximate surface area is 91.3 Å². The molecule has 0 saturated carbocycles. The molecule has 1 aromatic rings. The largest absolute Gasteiger partial charge is 0.314 e. The maximum Gasteiger partial charge on any atom is 0.0793 e. The molecule has 2 heterocycles. The van der Waals surface area contributed by atoms with Crippen LogP contribution in [0.15, 0.2) is 6.20 Å². The highest BCUT2D eigenvalue weighted by Gasteiger charge is 2.19. The summed E-state index contributed by atoms with van der Waals surface area (Å²) in [6, 6.07) is 0.611. The predicted octanol–water partition coefficient (Wildman–Crippen LogP) is 0.522. The quantitative estimate of drug-likeness (QED) is 0.769. The molecule has 0 aliphatic carbocycles. The molecule has 15 heavy (non-hydrogen) atoms. The van der Waals surface area contributed by atoms with Gasteiger partial charge in [0.15, 0.2) is 0 Å². The molecule has 1 atom stereocenters. The molecule has 0 radical (unpaired) electrons. The molecule has 4 nitrogen and oxygen atoms in total. The number of piperazine rings is 1. The number of nitrogens with zero attached hydrogens (tertiary/aromatic N) is 3. The minimum Gasteiger partial charge on any atom is -0.314 e. The number of hydrogen-bond acceptors (Lipinski definition) is 3. The lowest BCUT2D eigenvalue weighted by Gasteiger charge is -2.33. The number of rotatable bonds is 2. The van der Waals surface area contributed by atoms with E-state index >= 15 is 0 Å². The van der Waals surface area contributed by atoms with E-state index in [2.05, 4.69) is 35.4 Å². The molecule has 0 bridgehead atoms. The van der Waals surface area contributed by atoms with Crippen molar-refractivity contribution >= 4 is 0 Å². The number of hydrogen-bond donors (Lipinski definition) is 1. The summed E-state index contributed by atoms with van der Waals surface area (Å²) in [5.41, 5.74) is 2.51. The zero-order valence-corrected chi connectivity index (χ0v) is 9.82. The molecular weight excluding hydrogens is 188 g/mol. The second kappa shape index (κ2) is 4.33. The van der Waals surface area contributed by atoms with E-state index in [1.165, 1.54) is 11.3 Å². The van der Waals surface area contributed by atoms with Crippen LogP contribution in [0.5, 0.6) is 0 Å². The van der Waals surface area contributed by atoms with E-state index < -0.39 is 0 Å². The lowest BCUT2D eigenvalue weighted by atomic mass is 10.2. The van der Waals surface area contributed by atoms with Gasteiger partial charge in [-0.1, -0.05) is 0 Å². The van der Waals surface area contributed by atoms with Crippen LogP contribution in [0.25, 0.3) is 0 Å². The monoisotopic (exact) mass is 208 g/mol. The van der Waals surface area contributed by atoms with E-state index in [-0.39, 0.29) is 0 Å². The van der Waals surface area contributed by atoms with E-state index in [1.54, 1.807) is 0 Å². The maximum atomic E-state index is 4.49. The topological polar surface area (TPSA) is 33.1 Å². The van der Waals surface area contributed by atoms with Gasteiger partial charge in [-0.15, -0.1) is 0 Å². The fraction of sp³-hybridized carbons (Fsp3) is 0.727. The summed E-state index contributed by atoms with van der Waals surface area (Å²) in [6.07, 6.45) is 2.09. The molecule has 2 rings (SSSR count). The van der Waals surface area contributed by atoms with Crippen molar-refractivity contribution in [2.75, 3.05) is 19.6 Å². The molecular formula is C11H20N4. The van der Waals surface area contributed by atoms with Crippen molar-refractivity contribution in [2.45, 2.75) is 26.4 Å². The van der Waals surface area contributed by atoms with Gasteiger partial charge in [0.25, 0.3) is 0 Å². The van der Waals surface area contributed by atoms with Gasteiger partial charge < -0.3 is 5.32 Å². The van der Waals surface area contributed by atoms with Crippen molar-refractivity contribution in [2.24, 2.45) is 7.05 Å². The predicted molar refractivity (Wildman–Crippen MR) is 60.7 cm³/mol. The number of nitrogens with one attached hydrogen (secondary N) is 1. The molecule has 1 unspecified atom stereocenters. The Morgan fingerprint density at radius 3 is 3.00 bits per heavy atom. The van der Waals surface area contributed by atoms with E-state index in [4.69, 9.17) is 0 Å². The van der Waals surface area contributed by atoms with Gasteiger partial charge in [-0.3, -0.25) is 9.58 Å². The molecule has 1 N–H and O–H groups in total. The van der Waals surface area contributed by atoms with Gasteiger partial charge in [0.2, 0.25) is 0 Å². The Hall–Kier alpha value is -0.870. The highest BCUT2D eigenvalue weighted by molar-refractivity contribution is 5.14. The second-order valence-corrected chi connectivity index (χ2v) is 4.46. The molecule has 1 aliphatic heterocycles. The zero-order chi connectivity index (χ0) is 10.8. The fourth-order valence-electron chi connectivity index (χ4n) is 2.12. The van der Waals surface area contributed by atoms with Crippen molar-refractivity contribution in [3.05, 3.63) is 17.5 Å². The van der Waals surface area contributed by atoms with Crippen molar-refractivity contribution in [1.82, 2.24) is 20.0 Å². The fourth-order valence-corrected chi connectivity index (χ4v) is 2.12. The van der Waals surface area contributed by atoms with Crippen LogP contribution in [0.2, 0.25) is 0 Å².